The van der Waals surface area contributed by atoms with Gasteiger partial charge < -0.3 is 10.6 Å². The van der Waals surface area contributed by atoms with E-state index < -0.39 is 11.6 Å². The largest absolute Gasteiger partial charge is 0.332 e. The van der Waals surface area contributed by atoms with Gasteiger partial charge in [0.2, 0.25) is 0 Å². The van der Waals surface area contributed by atoms with Crippen LogP contribution in [0.4, 0.5) is 20.2 Å². The second-order valence-corrected chi connectivity index (χ2v) is 5.03. The Morgan fingerprint density at radius 3 is 2.30 bits per heavy atom. The molecule has 104 valence electrons. The smallest absolute Gasteiger partial charge is 0.175 e. The van der Waals surface area contributed by atoms with E-state index >= 15 is 0 Å². The zero-order chi connectivity index (χ0) is 14.7. The van der Waals surface area contributed by atoms with Crippen molar-refractivity contribution in [3.8, 4) is 0 Å². The molecule has 20 heavy (non-hydrogen) atoms. The van der Waals surface area contributed by atoms with Crippen LogP contribution in [0.15, 0.2) is 36.4 Å². The Balaban J connectivity index is 2.11. The van der Waals surface area contributed by atoms with E-state index in [-0.39, 0.29) is 10.8 Å². The number of halogens is 4. The van der Waals surface area contributed by atoms with Crippen LogP contribution in [0.5, 0.6) is 0 Å². The van der Waals surface area contributed by atoms with E-state index in [0.29, 0.717) is 15.7 Å². The lowest BCUT2D eigenvalue weighted by atomic mass is 10.3. The number of rotatable bonds is 2. The average Bonchev–Trinajstić information content (AvgIpc) is 2.33. The van der Waals surface area contributed by atoms with E-state index in [9.17, 15) is 8.78 Å². The van der Waals surface area contributed by atoms with Crippen molar-refractivity contribution in [1.82, 2.24) is 0 Å². The number of hydrogen-bond acceptors (Lipinski definition) is 1. The van der Waals surface area contributed by atoms with E-state index in [1.165, 1.54) is 0 Å². The highest BCUT2D eigenvalue weighted by molar-refractivity contribution is 7.80. The summed E-state index contributed by atoms with van der Waals surface area (Å²) in [6.07, 6.45) is 0. The van der Waals surface area contributed by atoms with E-state index in [4.69, 9.17) is 35.4 Å². The van der Waals surface area contributed by atoms with Crippen molar-refractivity contribution in [3.05, 3.63) is 58.1 Å². The summed E-state index contributed by atoms with van der Waals surface area (Å²) in [6, 6.07) is 8.02. The molecule has 0 bridgehead atoms. The SMILES string of the molecule is Fc1cc(F)cc(NC(=S)Nc2cccc(Cl)c2Cl)c1. The lowest BCUT2D eigenvalue weighted by Crippen LogP contribution is -2.19. The highest BCUT2D eigenvalue weighted by atomic mass is 35.5. The van der Waals surface area contributed by atoms with Gasteiger partial charge in [-0.15, -0.1) is 0 Å². The van der Waals surface area contributed by atoms with Gasteiger partial charge in [-0.1, -0.05) is 29.3 Å². The standard InChI is InChI=1S/C13H8Cl2F2N2S/c14-10-2-1-3-11(12(10)15)19-13(20)18-9-5-7(16)4-8(17)6-9/h1-6H,(H2,18,19,20). The van der Waals surface area contributed by atoms with Crippen LogP contribution in [0, 0.1) is 11.6 Å². The molecule has 0 unspecified atom stereocenters. The van der Waals surface area contributed by atoms with Crippen molar-refractivity contribution in [2.24, 2.45) is 0 Å². The minimum atomic E-state index is -0.698. The van der Waals surface area contributed by atoms with Crippen LogP contribution in [0.3, 0.4) is 0 Å². The summed E-state index contributed by atoms with van der Waals surface area (Å²) in [5, 5.41) is 6.27. The lowest BCUT2D eigenvalue weighted by Gasteiger charge is -2.12. The maximum Gasteiger partial charge on any atom is 0.175 e. The Morgan fingerprint density at radius 2 is 1.65 bits per heavy atom. The number of nitrogens with one attached hydrogen (secondary N) is 2. The molecule has 2 nitrogen and oxygen atoms in total. The molecule has 0 radical (unpaired) electrons. The van der Waals surface area contributed by atoms with Crippen molar-refractivity contribution in [2.75, 3.05) is 10.6 Å². The monoisotopic (exact) mass is 332 g/mol. The molecule has 0 aliphatic heterocycles. The first-order chi connectivity index (χ1) is 9.45. The van der Waals surface area contributed by atoms with Gasteiger partial charge in [0.15, 0.2) is 5.11 Å². The molecule has 0 aliphatic rings. The molecule has 2 aromatic carbocycles. The summed E-state index contributed by atoms with van der Waals surface area (Å²) in [5.74, 6) is -1.40. The third-order valence-corrected chi connectivity index (χ3v) is 3.34. The van der Waals surface area contributed by atoms with Crippen LogP contribution in [0.25, 0.3) is 0 Å². The van der Waals surface area contributed by atoms with Crippen molar-refractivity contribution < 1.29 is 8.78 Å². The molecule has 2 N–H and O–H groups in total. The lowest BCUT2D eigenvalue weighted by molar-refractivity contribution is 0.584. The molecule has 0 saturated heterocycles. The first-order valence-corrected chi connectivity index (χ1v) is 6.60. The summed E-state index contributed by atoms with van der Waals surface area (Å²) in [4.78, 5) is 0. The minimum absolute atomic E-state index is 0.138. The molecule has 0 amide bonds. The second-order valence-electron chi connectivity index (χ2n) is 3.84. The fraction of sp³-hybridized carbons (Fsp3) is 0. The van der Waals surface area contributed by atoms with Gasteiger partial charge in [-0.05, 0) is 36.5 Å². The molecule has 0 atom stereocenters. The van der Waals surface area contributed by atoms with Gasteiger partial charge in [0, 0.05) is 11.8 Å². The summed E-state index contributed by atoms with van der Waals surface area (Å²) < 4.78 is 26.1. The minimum Gasteiger partial charge on any atom is -0.332 e. The molecule has 0 aromatic heterocycles. The maximum atomic E-state index is 13.0. The molecule has 0 fully saturated rings. The van der Waals surface area contributed by atoms with Gasteiger partial charge in [0.05, 0.1) is 15.7 Å². The molecule has 0 saturated carbocycles. The summed E-state index contributed by atoms with van der Waals surface area (Å²) in [5.41, 5.74) is 0.687. The normalized spacial score (nSPS) is 10.2. The third-order valence-electron chi connectivity index (χ3n) is 2.32. The molecule has 2 aromatic rings. The van der Waals surface area contributed by atoms with Gasteiger partial charge in [0.1, 0.15) is 11.6 Å². The van der Waals surface area contributed by atoms with E-state index in [2.05, 4.69) is 10.6 Å². The van der Waals surface area contributed by atoms with Crippen LogP contribution >= 0.6 is 35.4 Å². The predicted octanol–water partition coefficient (Wildman–Crippen LogP) is 5.08. The van der Waals surface area contributed by atoms with E-state index in [1.807, 2.05) is 0 Å². The highest BCUT2D eigenvalue weighted by Gasteiger charge is 2.07. The fourth-order valence-corrected chi connectivity index (χ4v) is 2.09. The Hall–Kier alpha value is -1.43. The number of thiocarbonyl (C=S) groups is 1. The summed E-state index contributed by atoms with van der Waals surface area (Å²) in [6.45, 7) is 0. The van der Waals surface area contributed by atoms with Gasteiger partial charge in [-0.2, -0.15) is 0 Å². The van der Waals surface area contributed by atoms with Gasteiger partial charge in [-0.25, -0.2) is 8.78 Å². The van der Waals surface area contributed by atoms with Crippen LogP contribution in [-0.2, 0) is 0 Å². The molecule has 2 rings (SSSR count). The van der Waals surface area contributed by atoms with Gasteiger partial charge in [-0.3, -0.25) is 0 Å². The topological polar surface area (TPSA) is 24.1 Å². The van der Waals surface area contributed by atoms with Crippen molar-refractivity contribution in [1.29, 1.82) is 0 Å². The zero-order valence-corrected chi connectivity index (χ0v) is 12.2. The Labute approximate surface area is 129 Å². The fourth-order valence-electron chi connectivity index (χ4n) is 1.51. The molecule has 0 spiro atoms. The molecular formula is C13H8Cl2F2N2S. The number of anilines is 2. The quantitative estimate of drug-likeness (QED) is 0.750. The van der Waals surface area contributed by atoms with E-state index in [0.717, 1.165) is 18.2 Å². The number of benzene rings is 2. The van der Waals surface area contributed by atoms with Crippen LogP contribution in [0.2, 0.25) is 10.0 Å². The van der Waals surface area contributed by atoms with Crippen molar-refractivity contribution in [2.45, 2.75) is 0 Å². The number of hydrogen-bond donors (Lipinski definition) is 2. The van der Waals surface area contributed by atoms with Gasteiger partial charge in [0.25, 0.3) is 0 Å². The Morgan fingerprint density at radius 1 is 1.00 bits per heavy atom. The highest BCUT2D eigenvalue weighted by Crippen LogP contribution is 2.29. The summed E-state index contributed by atoms with van der Waals surface area (Å²) >= 11 is 16.9. The van der Waals surface area contributed by atoms with Crippen molar-refractivity contribution in [3.63, 3.8) is 0 Å². The van der Waals surface area contributed by atoms with Crippen molar-refractivity contribution >= 4 is 51.9 Å². The second kappa shape index (κ2) is 6.35. The van der Waals surface area contributed by atoms with Gasteiger partial charge >= 0.3 is 0 Å². The third kappa shape index (κ3) is 3.79. The zero-order valence-electron chi connectivity index (χ0n) is 9.88. The summed E-state index contributed by atoms with van der Waals surface area (Å²) in [7, 11) is 0. The molecular weight excluding hydrogens is 325 g/mol. The first-order valence-electron chi connectivity index (χ1n) is 5.44. The molecule has 0 heterocycles. The average molecular weight is 333 g/mol. The van der Waals surface area contributed by atoms with Crippen LogP contribution < -0.4 is 10.6 Å². The van der Waals surface area contributed by atoms with E-state index in [1.54, 1.807) is 18.2 Å². The maximum absolute atomic E-state index is 13.0. The Kier molecular flexibility index (Phi) is 4.75. The molecule has 0 aliphatic carbocycles. The first kappa shape index (κ1) is 15.0. The Bertz CT molecular complexity index is 645. The van der Waals surface area contributed by atoms with Crippen LogP contribution in [0.1, 0.15) is 0 Å². The van der Waals surface area contributed by atoms with Crippen LogP contribution in [-0.4, -0.2) is 5.11 Å². The predicted molar refractivity (Wildman–Crippen MR) is 82.7 cm³/mol. The molecule has 7 heteroatoms.